The van der Waals surface area contributed by atoms with Crippen molar-refractivity contribution in [2.75, 3.05) is 19.7 Å². The highest BCUT2D eigenvalue weighted by atomic mass is 16.5. The highest BCUT2D eigenvalue weighted by Crippen LogP contribution is 2.25. The molecule has 0 aliphatic heterocycles. The summed E-state index contributed by atoms with van der Waals surface area (Å²) in [6, 6.07) is 4.04. The fourth-order valence-corrected chi connectivity index (χ4v) is 3.23. The number of hydrogen-bond acceptors (Lipinski definition) is 3. The molecule has 2 N–H and O–H groups in total. The van der Waals surface area contributed by atoms with E-state index >= 15 is 0 Å². The molecular formula is C20H30N2O3. The molecule has 1 aromatic rings. The Morgan fingerprint density at radius 1 is 1.00 bits per heavy atom. The molecule has 0 bridgehead atoms. The minimum atomic E-state index is -0.174. The monoisotopic (exact) mass is 346 g/mol. The Kier molecular flexibility index (Phi) is 7.29. The molecule has 0 saturated heterocycles. The van der Waals surface area contributed by atoms with Gasteiger partial charge in [-0.15, -0.1) is 0 Å². The van der Waals surface area contributed by atoms with Gasteiger partial charge in [0.05, 0.1) is 0 Å². The van der Waals surface area contributed by atoms with Gasteiger partial charge in [0.15, 0.2) is 6.61 Å². The number of carbonyl (C=O) groups excluding carboxylic acids is 2. The van der Waals surface area contributed by atoms with E-state index in [4.69, 9.17) is 4.74 Å². The van der Waals surface area contributed by atoms with Crippen LogP contribution in [-0.4, -0.2) is 31.5 Å². The van der Waals surface area contributed by atoms with E-state index in [1.165, 1.54) is 6.42 Å². The van der Waals surface area contributed by atoms with Crippen LogP contribution in [0.1, 0.15) is 48.8 Å². The quantitative estimate of drug-likeness (QED) is 0.746. The minimum Gasteiger partial charge on any atom is -0.483 e. The molecule has 1 aromatic carbocycles. The zero-order chi connectivity index (χ0) is 18.2. The first-order chi connectivity index (χ1) is 12.0. The topological polar surface area (TPSA) is 67.4 Å². The van der Waals surface area contributed by atoms with E-state index in [2.05, 4.69) is 10.6 Å². The van der Waals surface area contributed by atoms with Crippen molar-refractivity contribution in [3.63, 3.8) is 0 Å². The van der Waals surface area contributed by atoms with E-state index in [1.54, 1.807) is 0 Å². The van der Waals surface area contributed by atoms with Crippen LogP contribution in [0.3, 0.4) is 0 Å². The van der Waals surface area contributed by atoms with E-state index in [0.29, 0.717) is 13.1 Å². The molecule has 2 amide bonds. The Balaban J connectivity index is 1.66. The van der Waals surface area contributed by atoms with Gasteiger partial charge < -0.3 is 15.4 Å². The molecule has 138 valence electrons. The average Bonchev–Trinajstić information content (AvgIpc) is 2.62. The fraction of sp³-hybridized carbons (Fsp3) is 0.600. The summed E-state index contributed by atoms with van der Waals surface area (Å²) in [7, 11) is 0. The van der Waals surface area contributed by atoms with Crippen LogP contribution in [0.5, 0.6) is 5.75 Å². The third kappa shape index (κ3) is 5.76. The maximum absolute atomic E-state index is 12.0. The standard InChI is InChI=1S/C20H30N2O3/c1-14-9-10-15(2)19(16(14)3)25-13-18(23)21-11-12-22-20(24)17-7-5-4-6-8-17/h9-10,17H,4-8,11-13H2,1-3H3,(H,21,23)(H,22,24). The van der Waals surface area contributed by atoms with Crippen LogP contribution in [0.2, 0.25) is 0 Å². The Labute approximate surface area is 150 Å². The van der Waals surface area contributed by atoms with E-state index < -0.39 is 0 Å². The summed E-state index contributed by atoms with van der Waals surface area (Å²) in [5.41, 5.74) is 3.23. The van der Waals surface area contributed by atoms with E-state index in [0.717, 1.165) is 48.1 Å². The van der Waals surface area contributed by atoms with Crippen LogP contribution in [0, 0.1) is 26.7 Å². The summed E-state index contributed by atoms with van der Waals surface area (Å²) >= 11 is 0. The summed E-state index contributed by atoms with van der Waals surface area (Å²) in [4.78, 5) is 23.9. The van der Waals surface area contributed by atoms with Crippen LogP contribution >= 0.6 is 0 Å². The lowest BCUT2D eigenvalue weighted by molar-refractivity contribution is -0.126. The molecule has 5 heteroatoms. The largest absolute Gasteiger partial charge is 0.483 e. The van der Waals surface area contributed by atoms with Crippen molar-refractivity contribution < 1.29 is 14.3 Å². The number of aryl methyl sites for hydroxylation is 2. The molecule has 0 heterocycles. The molecule has 1 saturated carbocycles. The molecular weight excluding hydrogens is 316 g/mol. The van der Waals surface area contributed by atoms with Gasteiger partial charge in [0.25, 0.3) is 5.91 Å². The Morgan fingerprint density at radius 3 is 2.36 bits per heavy atom. The predicted octanol–water partition coefficient (Wildman–Crippen LogP) is 2.80. The van der Waals surface area contributed by atoms with Crippen molar-refractivity contribution >= 4 is 11.8 Å². The van der Waals surface area contributed by atoms with Gasteiger partial charge >= 0.3 is 0 Å². The summed E-state index contributed by atoms with van der Waals surface area (Å²) in [6.07, 6.45) is 5.50. The first-order valence-corrected chi connectivity index (χ1v) is 9.23. The lowest BCUT2D eigenvalue weighted by Gasteiger charge is -2.20. The van der Waals surface area contributed by atoms with Crippen LogP contribution in [0.15, 0.2) is 12.1 Å². The summed E-state index contributed by atoms with van der Waals surface area (Å²) in [6.45, 7) is 6.87. The first kappa shape index (κ1) is 19.3. The number of ether oxygens (including phenoxy) is 1. The number of amides is 2. The van der Waals surface area contributed by atoms with Crippen molar-refractivity contribution in [1.82, 2.24) is 10.6 Å². The summed E-state index contributed by atoms with van der Waals surface area (Å²) in [5.74, 6) is 0.879. The Bertz CT molecular complexity index is 607. The maximum atomic E-state index is 12.0. The summed E-state index contributed by atoms with van der Waals surface area (Å²) in [5, 5.41) is 5.70. The minimum absolute atomic E-state index is 0.0122. The smallest absolute Gasteiger partial charge is 0.258 e. The zero-order valence-corrected chi connectivity index (χ0v) is 15.6. The predicted molar refractivity (Wildman–Crippen MR) is 98.7 cm³/mol. The third-order valence-electron chi connectivity index (χ3n) is 4.94. The number of nitrogens with one attached hydrogen (secondary N) is 2. The molecule has 5 nitrogen and oxygen atoms in total. The Morgan fingerprint density at radius 2 is 1.64 bits per heavy atom. The van der Waals surface area contributed by atoms with Gasteiger partial charge in [0.1, 0.15) is 5.75 Å². The van der Waals surface area contributed by atoms with Gasteiger partial charge in [-0.3, -0.25) is 9.59 Å². The lowest BCUT2D eigenvalue weighted by atomic mass is 9.89. The molecule has 0 atom stereocenters. The molecule has 1 fully saturated rings. The lowest BCUT2D eigenvalue weighted by Crippen LogP contribution is -2.39. The zero-order valence-electron chi connectivity index (χ0n) is 15.6. The highest BCUT2D eigenvalue weighted by molar-refractivity contribution is 5.79. The molecule has 25 heavy (non-hydrogen) atoms. The van der Waals surface area contributed by atoms with Crippen LogP contribution in [0.4, 0.5) is 0 Å². The normalized spacial score (nSPS) is 14.8. The van der Waals surface area contributed by atoms with E-state index in [1.807, 2.05) is 32.9 Å². The van der Waals surface area contributed by atoms with Gasteiger partial charge in [-0.25, -0.2) is 0 Å². The number of rotatable bonds is 7. The molecule has 1 aliphatic carbocycles. The van der Waals surface area contributed by atoms with Gasteiger partial charge in [-0.2, -0.15) is 0 Å². The van der Waals surface area contributed by atoms with Gasteiger partial charge in [0, 0.05) is 19.0 Å². The fourth-order valence-electron chi connectivity index (χ4n) is 3.23. The molecule has 1 aliphatic rings. The van der Waals surface area contributed by atoms with Crippen molar-refractivity contribution in [3.05, 3.63) is 28.8 Å². The van der Waals surface area contributed by atoms with Crippen LogP contribution in [-0.2, 0) is 9.59 Å². The van der Waals surface area contributed by atoms with E-state index in [9.17, 15) is 9.59 Å². The number of hydrogen-bond donors (Lipinski definition) is 2. The molecule has 0 unspecified atom stereocenters. The van der Waals surface area contributed by atoms with Crippen LogP contribution in [0.25, 0.3) is 0 Å². The van der Waals surface area contributed by atoms with Crippen molar-refractivity contribution in [2.24, 2.45) is 5.92 Å². The molecule has 2 rings (SSSR count). The van der Waals surface area contributed by atoms with E-state index in [-0.39, 0.29) is 24.3 Å². The van der Waals surface area contributed by atoms with Crippen molar-refractivity contribution in [2.45, 2.75) is 52.9 Å². The van der Waals surface area contributed by atoms with Gasteiger partial charge in [-0.1, -0.05) is 31.4 Å². The number of benzene rings is 1. The van der Waals surface area contributed by atoms with Gasteiger partial charge in [-0.05, 0) is 50.3 Å². The average molecular weight is 346 g/mol. The van der Waals surface area contributed by atoms with Crippen molar-refractivity contribution in [1.29, 1.82) is 0 Å². The first-order valence-electron chi connectivity index (χ1n) is 9.23. The molecule has 0 radical (unpaired) electrons. The second-order valence-corrected chi connectivity index (χ2v) is 6.92. The highest BCUT2D eigenvalue weighted by Gasteiger charge is 2.20. The second-order valence-electron chi connectivity index (χ2n) is 6.92. The molecule has 0 spiro atoms. The van der Waals surface area contributed by atoms with Crippen LogP contribution < -0.4 is 15.4 Å². The summed E-state index contributed by atoms with van der Waals surface area (Å²) < 4.78 is 5.68. The van der Waals surface area contributed by atoms with Gasteiger partial charge in [0.2, 0.25) is 5.91 Å². The number of carbonyl (C=O) groups is 2. The SMILES string of the molecule is Cc1ccc(C)c(OCC(=O)NCCNC(=O)C2CCCCC2)c1C. The Hall–Kier alpha value is -2.04. The maximum Gasteiger partial charge on any atom is 0.258 e. The van der Waals surface area contributed by atoms with Crippen molar-refractivity contribution in [3.8, 4) is 5.75 Å². The third-order valence-corrected chi connectivity index (χ3v) is 4.94. The molecule has 0 aromatic heterocycles. The second kappa shape index (κ2) is 9.44.